The minimum Gasteiger partial charge on any atom is -0.493 e. The van der Waals surface area contributed by atoms with Crippen LogP contribution in [0.2, 0.25) is 5.02 Å². The average molecular weight is 284 g/mol. The van der Waals surface area contributed by atoms with E-state index in [1.165, 1.54) is 0 Å². The van der Waals surface area contributed by atoms with Crippen molar-refractivity contribution in [1.29, 1.82) is 0 Å². The molecule has 0 spiro atoms. The smallest absolute Gasteiger partial charge is 0.125 e. The predicted molar refractivity (Wildman–Crippen MR) is 77.8 cm³/mol. The maximum Gasteiger partial charge on any atom is 0.125 e. The number of ether oxygens (including phenoxy) is 2. The molecule has 3 nitrogen and oxygen atoms in total. The van der Waals surface area contributed by atoms with Gasteiger partial charge in [0, 0.05) is 35.7 Å². The van der Waals surface area contributed by atoms with Crippen molar-refractivity contribution in [2.75, 3.05) is 19.8 Å². The van der Waals surface area contributed by atoms with E-state index in [4.69, 9.17) is 21.1 Å². The van der Waals surface area contributed by atoms with Gasteiger partial charge in [-0.25, -0.2) is 0 Å². The molecule has 0 aliphatic carbocycles. The van der Waals surface area contributed by atoms with Crippen LogP contribution in [0.5, 0.6) is 5.75 Å². The zero-order valence-electron chi connectivity index (χ0n) is 11.6. The van der Waals surface area contributed by atoms with Crippen molar-refractivity contribution in [3.05, 3.63) is 28.8 Å². The summed E-state index contributed by atoms with van der Waals surface area (Å²) < 4.78 is 11.3. The van der Waals surface area contributed by atoms with Gasteiger partial charge in [-0.1, -0.05) is 31.5 Å². The van der Waals surface area contributed by atoms with Crippen LogP contribution in [0.1, 0.15) is 25.8 Å². The van der Waals surface area contributed by atoms with Gasteiger partial charge in [-0.2, -0.15) is 0 Å². The number of benzene rings is 1. The lowest BCUT2D eigenvalue weighted by Crippen LogP contribution is -2.22. The molecule has 0 aromatic heterocycles. The van der Waals surface area contributed by atoms with E-state index in [1.54, 1.807) is 0 Å². The van der Waals surface area contributed by atoms with Gasteiger partial charge in [0.1, 0.15) is 5.75 Å². The molecule has 1 aliphatic heterocycles. The van der Waals surface area contributed by atoms with Crippen molar-refractivity contribution in [3.8, 4) is 5.75 Å². The SMILES string of the molecule is CC(C)NCc1c(Cl)cccc1OCC1CCOC1. The van der Waals surface area contributed by atoms with E-state index < -0.39 is 0 Å². The third-order valence-corrected chi connectivity index (χ3v) is 3.62. The highest BCUT2D eigenvalue weighted by Crippen LogP contribution is 2.27. The topological polar surface area (TPSA) is 30.5 Å². The van der Waals surface area contributed by atoms with Crippen LogP contribution in [0.4, 0.5) is 0 Å². The third kappa shape index (κ3) is 4.37. The standard InChI is InChI=1S/C15H22ClNO2/c1-11(2)17-8-13-14(16)4-3-5-15(13)19-10-12-6-7-18-9-12/h3-5,11-12,17H,6-10H2,1-2H3. The largest absolute Gasteiger partial charge is 0.493 e. The Hall–Kier alpha value is -0.770. The lowest BCUT2D eigenvalue weighted by Gasteiger charge is -2.16. The predicted octanol–water partition coefficient (Wildman–Crippen LogP) is 3.25. The van der Waals surface area contributed by atoms with Gasteiger partial charge < -0.3 is 14.8 Å². The van der Waals surface area contributed by atoms with Crippen molar-refractivity contribution < 1.29 is 9.47 Å². The van der Waals surface area contributed by atoms with Crippen LogP contribution in [-0.2, 0) is 11.3 Å². The van der Waals surface area contributed by atoms with Gasteiger partial charge in [0.25, 0.3) is 0 Å². The molecule has 19 heavy (non-hydrogen) atoms. The Morgan fingerprint density at radius 1 is 1.47 bits per heavy atom. The summed E-state index contributed by atoms with van der Waals surface area (Å²) in [6, 6.07) is 6.25. The molecule has 1 heterocycles. The minimum absolute atomic E-state index is 0.423. The first-order chi connectivity index (χ1) is 9.16. The monoisotopic (exact) mass is 283 g/mol. The Labute approximate surface area is 120 Å². The zero-order chi connectivity index (χ0) is 13.7. The summed E-state index contributed by atoms with van der Waals surface area (Å²) in [7, 11) is 0. The lowest BCUT2D eigenvalue weighted by molar-refractivity contribution is 0.166. The molecule has 1 saturated heterocycles. The molecule has 0 saturated carbocycles. The Balaban J connectivity index is 1.99. The summed E-state index contributed by atoms with van der Waals surface area (Å²) in [6.07, 6.45) is 1.08. The van der Waals surface area contributed by atoms with Gasteiger partial charge >= 0.3 is 0 Å². The van der Waals surface area contributed by atoms with Gasteiger partial charge in [0.15, 0.2) is 0 Å². The molecule has 1 atom stereocenters. The van der Waals surface area contributed by atoms with E-state index in [1.807, 2.05) is 18.2 Å². The fourth-order valence-corrected chi connectivity index (χ4v) is 2.31. The Bertz CT molecular complexity index is 403. The van der Waals surface area contributed by atoms with Crippen molar-refractivity contribution in [2.45, 2.75) is 32.9 Å². The van der Waals surface area contributed by atoms with Gasteiger partial charge in [-0.15, -0.1) is 0 Å². The fourth-order valence-electron chi connectivity index (χ4n) is 2.07. The van der Waals surface area contributed by atoms with E-state index in [0.29, 0.717) is 18.6 Å². The molecule has 1 fully saturated rings. The van der Waals surface area contributed by atoms with E-state index in [-0.39, 0.29) is 0 Å². The second kappa shape index (κ2) is 7.13. The summed E-state index contributed by atoms with van der Waals surface area (Å²) in [5, 5.41) is 4.14. The molecule has 0 amide bonds. The second-order valence-corrected chi connectivity index (χ2v) is 5.70. The molecule has 1 aliphatic rings. The summed E-state index contributed by atoms with van der Waals surface area (Å²) in [6.45, 7) is 7.33. The van der Waals surface area contributed by atoms with E-state index in [9.17, 15) is 0 Å². The van der Waals surface area contributed by atoms with Gasteiger partial charge in [0.05, 0.1) is 13.2 Å². The highest BCUT2D eigenvalue weighted by Gasteiger charge is 2.17. The van der Waals surface area contributed by atoms with Crippen LogP contribution in [-0.4, -0.2) is 25.9 Å². The number of hydrogen-bond donors (Lipinski definition) is 1. The summed E-state index contributed by atoms with van der Waals surface area (Å²) in [5.74, 6) is 1.39. The van der Waals surface area contributed by atoms with Gasteiger partial charge in [0.2, 0.25) is 0 Å². The molecule has 1 N–H and O–H groups in total. The maximum atomic E-state index is 6.26. The van der Waals surface area contributed by atoms with E-state index in [0.717, 1.165) is 42.5 Å². The van der Waals surface area contributed by atoms with Crippen LogP contribution < -0.4 is 10.1 Å². The second-order valence-electron chi connectivity index (χ2n) is 5.29. The fraction of sp³-hybridized carbons (Fsp3) is 0.600. The van der Waals surface area contributed by atoms with Gasteiger partial charge in [-0.05, 0) is 18.6 Å². The number of halogens is 1. The van der Waals surface area contributed by atoms with Crippen LogP contribution in [0.25, 0.3) is 0 Å². The first-order valence-corrected chi connectivity index (χ1v) is 7.26. The van der Waals surface area contributed by atoms with Crippen molar-refractivity contribution >= 4 is 11.6 Å². The molecule has 1 aromatic carbocycles. The minimum atomic E-state index is 0.423. The molecule has 2 rings (SSSR count). The summed E-state index contributed by atoms with van der Waals surface area (Å²) in [4.78, 5) is 0. The van der Waals surface area contributed by atoms with E-state index in [2.05, 4.69) is 19.2 Å². The summed E-state index contributed by atoms with van der Waals surface area (Å²) in [5.41, 5.74) is 1.04. The third-order valence-electron chi connectivity index (χ3n) is 3.26. The van der Waals surface area contributed by atoms with Crippen LogP contribution >= 0.6 is 11.6 Å². The highest BCUT2D eigenvalue weighted by atomic mass is 35.5. The molecule has 1 unspecified atom stereocenters. The van der Waals surface area contributed by atoms with Crippen molar-refractivity contribution in [2.24, 2.45) is 5.92 Å². The molecule has 4 heteroatoms. The average Bonchev–Trinajstić information content (AvgIpc) is 2.88. The zero-order valence-corrected chi connectivity index (χ0v) is 12.4. The first-order valence-electron chi connectivity index (χ1n) is 6.88. The number of nitrogens with one attached hydrogen (secondary N) is 1. The van der Waals surface area contributed by atoms with Crippen LogP contribution in [0, 0.1) is 5.92 Å². The molecule has 0 bridgehead atoms. The van der Waals surface area contributed by atoms with Crippen molar-refractivity contribution in [1.82, 2.24) is 5.32 Å². The lowest BCUT2D eigenvalue weighted by atomic mass is 10.1. The Morgan fingerprint density at radius 3 is 3.00 bits per heavy atom. The Kier molecular flexibility index (Phi) is 5.49. The quantitative estimate of drug-likeness (QED) is 0.869. The number of rotatable bonds is 6. The van der Waals surface area contributed by atoms with Crippen LogP contribution in [0.3, 0.4) is 0 Å². The Morgan fingerprint density at radius 2 is 2.32 bits per heavy atom. The molecule has 0 radical (unpaired) electrons. The molecule has 106 valence electrons. The highest BCUT2D eigenvalue weighted by molar-refractivity contribution is 6.31. The number of hydrogen-bond acceptors (Lipinski definition) is 3. The molecular formula is C15H22ClNO2. The van der Waals surface area contributed by atoms with E-state index >= 15 is 0 Å². The summed E-state index contributed by atoms with van der Waals surface area (Å²) >= 11 is 6.26. The first kappa shape index (κ1) is 14.6. The molecule has 1 aromatic rings. The normalized spacial score (nSPS) is 19.1. The van der Waals surface area contributed by atoms with Crippen LogP contribution in [0.15, 0.2) is 18.2 Å². The van der Waals surface area contributed by atoms with Gasteiger partial charge in [-0.3, -0.25) is 0 Å². The molecular weight excluding hydrogens is 262 g/mol. The van der Waals surface area contributed by atoms with Crippen molar-refractivity contribution in [3.63, 3.8) is 0 Å². The maximum absolute atomic E-state index is 6.26.